The fourth-order valence-corrected chi connectivity index (χ4v) is 3.98. The number of methoxy groups -OCH3 is 2. The highest BCUT2D eigenvalue weighted by Gasteiger charge is 2.10. The average Bonchev–Trinajstić information content (AvgIpc) is 3.56. The van der Waals surface area contributed by atoms with Crippen LogP contribution in [-0.2, 0) is 0 Å². The van der Waals surface area contributed by atoms with Crippen LogP contribution < -0.4 is 9.47 Å². The summed E-state index contributed by atoms with van der Waals surface area (Å²) in [5.74, 6) is 2.66. The molecule has 0 fully saturated rings. The van der Waals surface area contributed by atoms with Gasteiger partial charge in [0.2, 0.25) is 11.8 Å². The fraction of sp³-hybridized carbons (Fsp3) is 0.0667. The van der Waals surface area contributed by atoms with Gasteiger partial charge in [-0.05, 0) is 59.7 Å². The van der Waals surface area contributed by atoms with E-state index in [-0.39, 0.29) is 0 Å². The molecule has 176 valence electrons. The van der Waals surface area contributed by atoms with Crippen LogP contribution >= 0.6 is 0 Å². The van der Waals surface area contributed by atoms with Gasteiger partial charge in [-0.25, -0.2) is 9.97 Å². The summed E-state index contributed by atoms with van der Waals surface area (Å²) in [5, 5.41) is 0. The van der Waals surface area contributed by atoms with Crippen LogP contribution in [-0.4, -0.2) is 24.2 Å². The molecule has 6 nitrogen and oxygen atoms in total. The SMILES string of the molecule is COc1ccc2nc(-c3ccc(C=Cc4ccc(-c5nc6ccc(OC)cc6o5)cc4)cc3)oc2c1. The maximum atomic E-state index is 5.92. The first-order chi connectivity index (χ1) is 17.7. The van der Waals surface area contributed by atoms with Crippen molar-refractivity contribution in [2.24, 2.45) is 0 Å². The molecule has 0 unspecified atom stereocenters. The number of hydrogen-bond acceptors (Lipinski definition) is 6. The lowest BCUT2D eigenvalue weighted by molar-refractivity contribution is 0.414. The molecular formula is C30H22N2O4. The van der Waals surface area contributed by atoms with Gasteiger partial charge in [-0.1, -0.05) is 36.4 Å². The Hall–Kier alpha value is -4.84. The Labute approximate surface area is 207 Å². The smallest absolute Gasteiger partial charge is 0.227 e. The number of hydrogen-bond donors (Lipinski definition) is 0. The Bertz CT molecular complexity index is 1570. The van der Waals surface area contributed by atoms with Crippen molar-refractivity contribution in [2.45, 2.75) is 0 Å². The van der Waals surface area contributed by atoms with Crippen molar-refractivity contribution in [3.05, 3.63) is 96.1 Å². The van der Waals surface area contributed by atoms with Gasteiger partial charge in [-0.3, -0.25) is 0 Å². The van der Waals surface area contributed by atoms with Crippen molar-refractivity contribution in [1.29, 1.82) is 0 Å². The Kier molecular flexibility index (Phi) is 5.46. The molecule has 0 saturated heterocycles. The van der Waals surface area contributed by atoms with Crippen LogP contribution in [0.25, 0.3) is 57.3 Å². The quantitative estimate of drug-likeness (QED) is 0.233. The Balaban J connectivity index is 1.17. The zero-order valence-corrected chi connectivity index (χ0v) is 19.8. The van der Waals surface area contributed by atoms with E-state index in [1.807, 2.05) is 84.9 Å². The third kappa shape index (κ3) is 4.20. The fourth-order valence-electron chi connectivity index (χ4n) is 3.98. The lowest BCUT2D eigenvalue weighted by atomic mass is 10.1. The summed E-state index contributed by atoms with van der Waals surface area (Å²) in [6.45, 7) is 0. The first kappa shape index (κ1) is 21.7. The van der Waals surface area contributed by atoms with E-state index < -0.39 is 0 Å². The molecule has 0 N–H and O–H groups in total. The molecule has 6 heteroatoms. The molecule has 0 radical (unpaired) electrons. The highest BCUT2D eigenvalue weighted by Crippen LogP contribution is 2.29. The number of nitrogens with zero attached hydrogens (tertiary/aromatic N) is 2. The van der Waals surface area contributed by atoms with Crippen LogP contribution in [0.1, 0.15) is 11.1 Å². The van der Waals surface area contributed by atoms with Crippen molar-refractivity contribution >= 4 is 34.4 Å². The summed E-state index contributed by atoms with van der Waals surface area (Å²) in [6.07, 6.45) is 4.14. The van der Waals surface area contributed by atoms with E-state index in [9.17, 15) is 0 Å². The lowest BCUT2D eigenvalue weighted by Crippen LogP contribution is -1.80. The third-order valence-corrected chi connectivity index (χ3v) is 5.97. The van der Waals surface area contributed by atoms with Crippen LogP contribution in [0.15, 0.2) is 93.8 Å². The molecule has 0 saturated carbocycles. The van der Waals surface area contributed by atoms with Crippen molar-refractivity contribution in [2.75, 3.05) is 14.2 Å². The third-order valence-electron chi connectivity index (χ3n) is 5.97. The molecule has 6 aromatic rings. The van der Waals surface area contributed by atoms with E-state index in [2.05, 4.69) is 22.1 Å². The van der Waals surface area contributed by atoms with Crippen LogP contribution in [0.5, 0.6) is 11.5 Å². The van der Waals surface area contributed by atoms with Gasteiger partial charge < -0.3 is 18.3 Å². The topological polar surface area (TPSA) is 70.5 Å². The normalized spacial score (nSPS) is 11.5. The summed E-state index contributed by atoms with van der Waals surface area (Å²) in [4.78, 5) is 9.16. The maximum Gasteiger partial charge on any atom is 0.227 e. The molecular weight excluding hydrogens is 452 g/mol. The molecule has 36 heavy (non-hydrogen) atoms. The zero-order chi connectivity index (χ0) is 24.5. The predicted molar refractivity (Wildman–Crippen MR) is 141 cm³/mol. The van der Waals surface area contributed by atoms with Crippen LogP contribution in [0, 0.1) is 0 Å². The number of fused-ring (bicyclic) bond motifs is 2. The summed E-state index contributed by atoms with van der Waals surface area (Å²) in [7, 11) is 3.27. The molecule has 4 aromatic carbocycles. The van der Waals surface area contributed by atoms with Gasteiger partial charge in [0, 0.05) is 23.3 Å². The number of rotatable bonds is 6. The van der Waals surface area contributed by atoms with Gasteiger partial charge in [0.05, 0.1) is 14.2 Å². The van der Waals surface area contributed by atoms with Gasteiger partial charge in [-0.15, -0.1) is 0 Å². The summed E-state index contributed by atoms with van der Waals surface area (Å²) < 4.78 is 22.3. The molecule has 0 aliphatic rings. The lowest BCUT2D eigenvalue weighted by Gasteiger charge is -1.99. The summed E-state index contributed by atoms with van der Waals surface area (Å²) in [6, 6.07) is 27.4. The van der Waals surface area contributed by atoms with Crippen molar-refractivity contribution in [1.82, 2.24) is 9.97 Å². The van der Waals surface area contributed by atoms with Gasteiger partial charge in [0.1, 0.15) is 22.5 Å². The van der Waals surface area contributed by atoms with Crippen molar-refractivity contribution < 1.29 is 18.3 Å². The van der Waals surface area contributed by atoms with Gasteiger partial charge in [-0.2, -0.15) is 0 Å². The minimum atomic E-state index is 0.585. The number of ether oxygens (including phenoxy) is 2. The van der Waals surface area contributed by atoms with Crippen LogP contribution in [0.3, 0.4) is 0 Å². The second kappa shape index (κ2) is 9.07. The highest BCUT2D eigenvalue weighted by molar-refractivity contribution is 5.79. The molecule has 2 aromatic heterocycles. The Morgan fingerprint density at radius 2 is 0.972 bits per heavy atom. The van der Waals surface area contributed by atoms with E-state index in [0.29, 0.717) is 22.9 Å². The Morgan fingerprint density at radius 1 is 0.556 bits per heavy atom. The van der Waals surface area contributed by atoms with Crippen molar-refractivity contribution in [3.63, 3.8) is 0 Å². The number of aromatic nitrogens is 2. The molecule has 6 rings (SSSR count). The van der Waals surface area contributed by atoms with Crippen LogP contribution in [0.4, 0.5) is 0 Å². The highest BCUT2D eigenvalue weighted by atomic mass is 16.5. The second-order valence-corrected chi connectivity index (χ2v) is 8.28. The first-order valence-corrected chi connectivity index (χ1v) is 11.5. The number of oxazole rings is 2. The second-order valence-electron chi connectivity index (χ2n) is 8.28. The Morgan fingerprint density at radius 3 is 1.36 bits per heavy atom. The number of benzene rings is 4. The average molecular weight is 475 g/mol. The maximum absolute atomic E-state index is 5.92. The monoisotopic (exact) mass is 474 g/mol. The molecule has 0 aliphatic heterocycles. The van der Waals surface area contributed by atoms with E-state index in [1.54, 1.807) is 14.2 Å². The predicted octanol–water partition coefficient (Wildman–Crippen LogP) is 7.49. The largest absolute Gasteiger partial charge is 0.497 e. The molecule has 0 spiro atoms. The first-order valence-electron chi connectivity index (χ1n) is 11.5. The minimum Gasteiger partial charge on any atom is -0.497 e. The molecule has 0 amide bonds. The molecule has 0 bridgehead atoms. The van der Waals surface area contributed by atoms with E-state index in [0.717, 1.165) is 44.8 Å². The van der Waals surface area contributed by atoms with Gasteiger partial charge in [0.25, 0.3) is 0 Å². The molecule has 2 heterocycles. The summed E-state index contributed by atoms with van der Waals surface area (Å²) >= 11 is 0. The van der Waals surface area contributed by atoms with E-state index >= 15 is 0 Å². The van der Waals surface area contributed by atoms with Gasteiger partial charge >= 0.3 is 0 Å². The standard InChI is InChI=1S/C30H22N2O4/c1-33-23-13-15-25-27(17-23)35-29(31-25)21-9-5-19(6-10-21)3-4-20-7-11-22(12-8-20)30-32-26-16-14-24(34-2)18-28(26)36-30/h3-18H,1-2H3. The van der Waals surface area contributed by atoms with E-state index in [4.69, 9.17) is 18.3 Å². The van der Waals surface area contributed by atoms with Crippen molar-refractivity contribution in [3.8, 4) is 34.4 Å². The zero-order valence-electron chi connectivity index (χ0n) is 19.8. The molecule has 0 atom stereocenters. The van der Waals surface area contributed by atoms with E-state index in [1.165, 1.54) is 0 Å². The minimum absolute atomic E-state index is 0.585. The van der Waals surface area contributed by atoms with Crippen LogP contribution in [0.2, 0.25) is 0 Å². The molecule has 0 aliphatic carbocycles. The summed E-state index contributed by atoms with van der Waals surface area (Å²) in [5.41, 5.74) is 7.00. The van der Waals surface area contributed by atoms with Gasteiger partial charge in [0.15, 0.2) is 11.2 Å².